The van der Waals surface area contributed by atoms with Crippen molar-refractivity contribution >= 4 is 21.5 Å². The van der Waals surface area contributed by atoms with Gasteiger partial charge in [-0.05, 0) is 86.5 Å². The minimum Gasteiger partial charge on any atom is -0.392 e. The second kappa shape index (κ2) is 13.3. The number of hydrogen-bond acceptors (Lipinski definition) is 4. The van der Waals surface area contributed by atoms with Gasteiger partial charge in [0.05, 0.1) is 12.2 Å². The normalized spacial score (nSPS) is 26.4. The molecule has 0 saturated heterocycles. The molecule has 4 aromatic carbocycles. The molecule has 0 unspecified atom stereocenters. The Balaban J connectivity index is 0.000000168. The molecule has 42 heavy (non-hydrogen) atoms. The average molecular weight is 567 g/mol. The van der Waals surface area contributed by atoms with Crippen LogP contribution in [0.5, 0.6) is 0 Å². The van der Waals surface area contributed by atoms with Gasteiger partial charge < -0.3 is 20.0 Å². The first-order chi connectivity index (χ1) is 20.2. The van der Waals surface area contributed by atoms with Crippen LogP contribution in [-0.4, -0.2) is 73.5 Å². The second-order valence-corrected chi connectivity index (χ2v) is 13.4. The fourth-order valence-electron chi connectivity index (χ4n) is 7.79. The lowest BCUT2D eigenvalue weighted by Crippen LogP contribution is -2.49. The summed E-state index contributed by atoms with van der Waals surface area (Å²) in [5.74, 6) is 0. The molecule has 0 bridgehead atoms. The van der Waals surface area contributed by atoms with Crippen molar-refractivity contribution in [2.75, 3.05) is 41.3 Å². The van der Waals surface area contributed by atoms with Crippen molar-refractivity contribution in [1.29, 1.82) is 0 Å². The van der Waals surface area contributed by atoms with Gasteiger partial charge in [0.15, 0.2) is 0 Å². The van der Waals surface area contributed by atoms with E-state index in [1.54, 1.807) is 0 Å². The maximum atomic E-state index is 10.8. The molecule has 224 valence electrons. The first-order valence-corrected chi connectivity index (χ1v) is 15.9. The third-order valence-corrected chi connectivity index (χ3v) is 9.82. The Labute approximate surface area is 253 Å². The zero-order valence-corrected chi connectivity index (χ0v) is 26.1. The number of rotatable bonds is 6. The standard InChI is InChI=1S/2C19H25NO/c2*1-20(2)14-19(12-6-5-9-18(19)21)17-11-10-15-7-3-4-8-16(15)13-17/h2*3-4,7-8,10-11,13,18,21H,5-6,9,12,14H2,1-2H3/t2*18-,19-/m10/s1. The van der Waals surface area contributed by atoms with Gasteiger partial charge in [0.2, 0.25) is 0 Å². The maximum absolute atomic E-state index is 10.8. The van der Waals surface area contributed by atoms with E-state index >= 15 is 0 Å². The summed E-state index contributed by atoms with van der Waals surface area (Å²) >= 11 is 0. The van der Waals surface area contributed by atoms with Gasteiger partial charge in [-0.15, -0.1) is 0 Å². The van der Waals surface area contributed by atoms with Crippen molar-refractivity contribution in [2.45, 2.75) is 74.4 Å². The van der Waals surface area contributed by atoms with E-state index in [1.165, 1.54) is 45.5 Å². The quantitative estimate of drug-likeness (QED) is 0.260. The van der Waals surface area contributed by atoms with Crippen LogP contribution in [0.3, 0.4) is 0 Å². The Hall–Kier alpha value is -2.76. The lowest BCUT2D eigenvalue weighted by atomic mass is 9.67. The number of likely N-dealkylation sites (N-methyl/N-ethyl adjacent to an activating group) is 2. The number of hydrogen-bond donors (Lipinski definition) is 2. The molecular weight excluding hydrogens is 516 g/mol. The fourth-order valence-corrected chi connectivity index (χ4v) is 7.79. The molecule has 0 spiro atoms. The molecule has 2 aliphatic carbocycles. The first kappa shape index (κ1) is 30.7. The highest BCUT2D eigenvalue weighted by Gasteiger charge is 2.43. The molecule has 4 heteroatoms. The molecule has 0 heterocycles. The monoisotopic (exact) mass is 566 g/mol. The van der Waals surface area contributed by atoms with Crippen molar-refractivity contribution in [3.63, 3.8) is 0 Å². The van der Waals surface area contributed by atoms with E-state index < -0.39 is 0 Å². The molecular formula is C38H50N2O2. The van der Waals surface area contributed by atoms with Gasteiger partial charge in [0.25, 0.3) is 0 Å². The molecule has 0 aromatic heterocycles. The number of aliphatic hydroxyl groups excluding tert-OH is 2. The van der Waals surface area contributed by atoms with Crippen LogP contribution in [0, 0.1) is 0 Å². The Morgan fingerprint density at radius 2 is 0.929 bits per heavy atom. The Bertz CT molecular complexity index is 1350. The van der Waals surface area contributed by atoms with Crippen LogP contribution in [0.4, 0.5) is 0 Å². The van der Waals surface area contributed by atoms with Gasteiger partial charge >= 0.3 is 0 Å². The van der Waals surface area contributed by atoms with E-state index in [4.69, 9.17) is 0 Å². The number of aliphatic hydroxyl groups is 2. The summed E-state index contributed by atoms with van der Waals surface area (Å²) in [5.41, 5.74) is 2.35. The van der Waals surface area contributed by atoms with Crippen molar-refractivity contribution in [2.24, 2.45) is 0 Å². The minimum absolute atomic E-state index is 0.119. The smallest absolute Gasteiger partial charge is 0.0649 e. The molecule has 0 amide bonds. The van der Waals surface area contributed by atoms with Crippen molar-refractivity contribution in [3.05, 3.63) is 96.1 Å². The predicted octanol–water partition coefficient (Wildman–Crippen LogP) is 7.15. The van der Waals surface area contributed by atoms with Crippen molar-refractivity contribution in [3.8, 4) is 0 Å². The van der Waals surface area contributed by atoms with E-state index in [1.807, 2.05) is 0 Å². The largest absolute Gasteiger partial charge is 0.392 e. The third kappa shape index (κ3) is 6.43. The fraction of sp³-hybridized carbons (Fsp3) is 0.474. The van der Waals surface area contributed by atoms with Crippen LogP contribution in [0.2, 0.25) is 0 Å². The molecule has 2 fully saturated rings. The summed E-state index contributed by atoms with van der Waals surface area (Å²) in [6, 6.07) is 30.4. The summed E-state index contributed by atoms with van der Waals surface area (Å²) in [4.78, 5) is 4.42. The topological polar surface area (TPSA) is 46.9 Å². The molecule has 2 N–H and O–H groups in total. The van der Waals surface area contributed by atoms with Crippen molar-refractivity contribution < 1.29 is 10.2 Å². The van der Waals surface area contributed by atoms with E-state index in [0.29, 0.717) is 0 Å². The predicted molar refractivity (Wildman–Crippen MR) is 177 cm³/mol. The second-order valence-electron chi connectivity index (χ2n) is 13.4. The van der Waals surface area contributed by atoms with Crippen LogP contribution in [0.1, 0.15) is 62.5 Å². The molecule has 0 radical (unpaired) electrons. The molecule has 4 atom stereocenters. The SMILES string of the molecule is CN(C)C[C@@]1(c2ccc3ccccc3c2)CCCC[C@H]1O.CN(C)C[C@]1(c2ccc3ccccc3c2)CCCC[C@@H]1O. The lowest BCUT2D eigenvalue weighted by molar-refractivity contribution is 0.0264. The minimum atomic E-state index is -0.241. The number of fused-ring (bicyclic) bond motifs is 2. The molecule has 2 aliphatic rings. The lowest BCUT2D eigenvalue weighted by Gasteiger charge is -2.44. The van der Waals surface area contributed by atoms with Crippen LogP contribution in [0.25, 0.3) is 21.5 Å². The van der Waals surface area contributed by atoms with Gasteiger partial charge in [0.1, 0.15) is 0 Å². The van der Waals surface area contributed by atoms with Crippen LogP contribution in [-0.2, 0) is 10.8 Å². The molecule has 4 aromatic rings. The molecule has 2 saturated carbocycles. The van der Waals surface area contributed by atoms with E-state index in [2.05, 4.69) is 123 Å². The summed E-state index contributed by atoms with van der Waals surface area (Å²) in [5, 5.41) is 26.6. The summed E-state index contributed by atoms with van der Waals surface area (Å²) in [7, 11) is 8.41. The highest BCUT2D eigenvalue weighted by molar-refractivity contribution is 5.84. The highest BCUT2D eigenvalue weighted by atomic mass is 16.3. The van der Waals surface area contributed by atoms with Gasteiger partial charge in [0, 0.05) is 23.9 Å². The number of benzene rings is 4. The van der Waals surface area contributed by atoms with Crippen LogP contribution < -0.4 is 0 Å². The number of nitrogens with zero attached hydrogens (tertiary/aromatic N) is 2. The maximum Gasteiger partial charge on any atom is 0.0649 e. The average Bonchev–Trinajstić information content (AvgIpc) is 2.99. The van der Waals surface area contributed by atoms with Crippen LogP contribution in [0.15, 0.2) is 84.9 Å². The van der Waals surface area contributed by atoms with Crippen LogP contribution >= 0.6 is 0 Å². The molecule has 6 rings (SSSR count). The third-order valence-electron chi connectivity index (χ3n) is 9.82. The Morgan fingerprint density at radius 3 is 1.29 bits per heavy atom. The Kier molecular flexibility index (Phi) is 9.69. The highest BCUT2D eigenvalue weighted by Crippen LogP contribution is 2.42. The summed E-state index contributed by atoms with van der Waals surface area (Å²) in [6.45, 7) is 1.82. The summed E-state index contributed by atoms with van der Waals surface area (Å²) in [6.07, 6.45) is 8.20. The first-order valence-electron chi connectivity index (χ1n) is 15.9. The van der Waals surface area contributed by atoms with E-state index in [9.17, 15) is 10.2 Å². The van der Waals surface area contributed by atoms with Gasteiger partial charge in [-0.2, -0.15) is 0 Å². The zero-order valence-electron chi connectivity index (χ0n) is 26.1. The van der Waals surface area contributed by atoms with Crippen molar-refractivity contribution in [1.82, 2.24) is 9.80 Å². The Morgan fingerprint density at radius 1 is 0.548 bits per heavy atom. The molecule has 0 aliphatic heterocycles. The van der Waals surface area contributed by atoms with E-state index in [0.717, 1.165) is 51.6 Å². The van der Waals surface area contributed by atoms with Gasteiger partial charge in [-0.1, -0.05) is 111 Å². The van der Waals surface area contributed by atoms with Gasteiger partial charge in [-0.3, -0.25) is 0 Å². The van der Waals surface area contributed by atoms with E-state index in [-0.39, 0.29) is 23.0 Å². The van der Waals surface area contributed by atoms with Gasteiger partial charge in [-0.25, -0.2) is 0 Å². The zero-order chi connectivity index (χ0) is 29.7. The summed E-state index contributed by atoms with van der Waals surface area (Å²) < 4.78 is 0. The molecule has 4 nitrogen and oxygen atoms in total.